The van der Waals surface area contributed by atoms with Crippen LogP contribution in [0.5, 0.6) is 5.75 Å². The number of ether oxygens (including phenoxy) is 2. The number of carbonyl (C=O) groups excluding carboxylic acids is 1. The smallest absolute Gasteiger partial charge is 0.257 e. The standard InChI is InChI=1S/C17H27N3O3S/c1-4-20(5-2)11-10-18-17(24)19-16(21)14-6-8-15(9-7-14)23-13-12-22-3/h6-9H,4-5,10-13H2,1-3H3,(H2,18,19,21,24). The second-order valence-corrected chi connectivity index (χ2v) is 5.51. The highest BCUT2D eigenvalue weighted by Gasteiger charge is 2.08. The minimum Gasteiger partial charge on any atom is -0.491 e. The molecule has 0 aromatic heterocycles. The van der Waals surface area contributed by atoms with Gasteiger partial charge in [-0.2, -0.15) is 0 Å². The van der Waals surface area contributed by atoms with Crippen LogP contribution in [0.1, 0.15) is 24.2 Å². The Hall–Kier alpha value is -1.70. The average molecular weight is 353 g/mol. The number of hydrogen-bond donors (Lipinski definition) is 2. The first-order valence-corrected chi connectivity index (χ1v) is 8.54. The number of likely N-dealkylation sites (N-methyl/N-ethyl adjacent to an activating group) is 1. The van der Waals surface area contributed by atoms with Gasteiger partial charge in [0.05, 0.1) is 6.61 Å². The van der Waals surface area contributed by atoms with Gasteiger partial charge < -0.3 is 19.7 Å². The zero-order valence-corrected chi connectivity index (χ0v) is 15.4. The fraction of sp³-hybridized carbons (Fsp3) is 0.529. The number of amides is 1. The van der Waals surface area contributed by atoms with E-state index in [0.717, 1.165) is 19.6 Å². The molecule has 0 bridgehead atoms. The third kappa shape index (κ3) is 7.72. The fourth-order valence-electron chi connectivity index (χ4n) is 2.03. The summed E-state index contributed by atoms with van der Waals surface area (Å²) in [7, 11) is 1.62. The Labute approximate surface area is 149 Å². The van der Waals surface area contributed by atoms with Crippen LogP contribution in [-0.4, -0.2) is 62.4 Å². The molecule has 1 aromatic carbocycles. The Balaban J connectivity index is 2.37. The first kappa shape index (κ1) is 20.3. The van der Waals surface area contributed by atoms with Crippen LogP contribution >= 0.6 is 12.2 Å². The molecule has 0 saturated heterocycles. The minimum absolute atomic E-state index is 0.237. The van der Waals surface area contributed by atoms with Crippen molar-refractivity contribution < 1.29 is 14.3 Å². The van der Waals surface area contributed by atoms with Crippen molar-refractivity contribution in [1.82, 2.24) is 15.5 Å². The number of benzene rings is 1. The molecule has 0 saturated carbocycles. The number of methoxy groups -OCH3 is 1. The van der Waals surface area contributed by atoms with E-state index in [1.54, 1.807) is 31.4 Å². The van der Waals surface area contributed by atoms with E-state index in [0.29, 0.717) is 36.2 Å². The molecule has 2 N–H and O–H groups in total. The van der Waals surface area contributed by atoms with Crippen molar-refractivity contribution in [2.45, 2.75) is 13.8 Å². The molecule has 0 unspecified atom stereocenters. The van der Waals surface area contributed by atoms with Crippen LogP contribution in [0.4, 0.5) is 0 Å². The quantitative estimate of drug-likeness (QED) is 0.493. The van der Waals surface area contributed by atoms with Gasteiger partial charge in [0.25, 0.3) is 5.91 Å². The van der Waals surface area contributed by atoms with Gasteiger partial charge in [0.2, 0.25) is 0 Å². The van der Waals surface area contributed by atoms with E-state index in [9.17, 15) is 4.79 Å². The maximum atomic E-state index is 12.1. The summed E-state index contributed by atoms with van der Waals surface area (Å²) in [6, 6.07) is 6.91. The molecule has 7 heteroatoms. The number of nitrogens with zero attached hydrogens (tertiary/aromatic N) is 1. The zero-order chi connectivity index (χ0) is 17.8. The van der Waals surface area contributed by atoms with Gasteiger partial charge in [0, 0.05) is 25.8 Å². The normalized spacial score (nSPS) is 10.5. The average Bonchev–Trinajstić information content (AvgIpc) is 2.59. The number of thiocarbonyl (C=S) groups is 1. The van der Waals surface area contributed by atoms with E-state index in [1.807, 2.05) is 0 Å². The maximum absolute atomic E-state index is 12.1. The molecule has 0 spiro atoms. The van der Waals surface area contributed by atoms with Crippen molar-refractivity contribution in [3.63, 3.8) is 0 Å². The molecule has 0 aliphatic carbocycles. The van der Waals surface area contributed by atoms with E-state index in [-0.39, 0.29) is 5.91 Å². The van der Waals surface area contributed by atoms with E-state index >= 15 is 0 Å². The van der Waals surface area contributed by atoms with Gasteiger partial charge in [-0.25, -0.2) is 0 Å². The molecule has 0 radical (unpaired) electrons. The van der Waals surface area contributed by atoms with Crippen molar-refractivity contribution in [3.8, 4) is 5.75 Å². The predicted octanol–water partition coefficient (Wildman–Crippen LogP) is 1.66. The second kappa shape index (κ2) is 11.8. The molecule has 0 heterocycles. The summed E-state index contributed by atoms with van der Waals surface area (Å²) in [6.45, 7) is 8.81. The largest absolute Gasteiger partial charge is 0.491 e. The fourth-order valence-corrected chi connectivity index (χ4v) is 2.23. The van der Waals surface area contributed by atoms with Crippen LogP contribution in [0.25, 0.3) is 0 Å². The molecule has 1 amide bonds. The summed E-state index contributed by atoms with van der Waals surface area (Å²) in [5.41, 5.74) is 0.530. The Kier molecular flexibility index (Phi) is 9.98. The molecule has 0 fully saturated rings. The topological polar surface area (TPSA) is 62.8 Å². The Morgan fingerprint density at radius 3 is 2.42 bits per heavy atom. The SMILES string of the molecule is CCN(CC)CCNC(=S)NC(=O)c1ccc(OCCOC)cc1. The first-order valence-electron chi connectivity index (χ1n) is 8.14. The van der Waals surface area contributed by atoms with Gasteiger partial charge in [0.1, 0.15) is 12.4 Å². The second-order valence-electron chi connectivity index (χ2n) is 5.10. The van der Waals surface area contributed by atoms with Crippen LogP contribution in [0, 0.1) is 0 Å². The van der Waals surface area contributed by atoms with Crippen LogP contribution < -0.4 is 15.4 Å². The van der Waals surface area contributed by atoms with Crippen LogP contribution in [-0.2, 0) is 4.74 Å². The van der Waals surface area contributed by atoms with E-state index in [4.69, 9.17) is 21.7 Å². The van der Waals surface area contributed by atoms with Crippen molar-refractivity contribution in [2.24, 2.45) is 0 Å². The molecule has 0 atom stereocenters. The van der Waals surface area contributed by atoms with E-state index in [2.05, 4.69) is 29.4 Å². The first-order chi connectivity index (χ1) is 11.6. The summed E-state index contributed by atoms with van der Waals surface area (Å²) >= 11 is 5.15. The summed E-state index contributed by atoms with van der Waals surface area (Å²) in [5.74, 6) is 0.460. The highest BCUT2D eigenvalue weighted by Crippen LogP contribution is 2.12. The molecule has 0 aliphatic rings. The van der Waals surface area contributed by atoms with Gasteiger partial charge in [-0.15, -0.1) is 0 Å². The Bertz CT molecular complexity index is 504. The molecule has 134 valence electrons. The van der Waals surface area contributed by atoms with Gasteiger partial charge in [-0.05, 0) is 49.6 Å². The lowest BCUT2D eigenvalue weighted by Crippen LogP contribution is -2.42. The van der Waals surface area contributed by atoms with Crippen molar-refractivity contribution in [3.05, 3.63) is 29.8 Å². The van der Waals surface area contributed by atoms with Crippen LogP contribution in [0.15, 0.2) is 24.3 Å². The molecule has 6 nitrogen and oxygen atoms in total. The van der Waals surface area contributed by atoms with Gasteiger partial charge in [-0.1, -0.05) is 13.8 Å². The van der Waals surface area contributed by atoms with Gasteiger partial charge in [0.15, 0.2) is 5.11 Å². The summed E-state index contributed by atoms with van der Waals surface area (Å²) in [4.78, 5) is 14.4. The van der Waals surface area contributed by atoms with E-state index < -0.39 is 0 Å². The molecule has 0 aliphatic heterocycles. The minimum atomic E-state index is -0.237. The van der Waals surface area contributed by atoms with Crippen LogP contribution in [0.3, 0.4) is 0 Å². The summed E-state index contributed by atoms with van der Waals surface area (Å²) < 4.78 is 10.4. The highest BCUT2D eigenvalue weighted by atomic mass is 32.1. The Morgan fingerprint density at radius 2 is 1.83 bits per heavy atom. The summed E-state index contributed by atoms with van der Waals surface area (Å²) in [6.07, 6.45) is 0. The van der Waals surface area contributed by atoms with Gasteiger partial charge >= 0.3 is 0 Å². The number of nitrogens with one attached hydrogen (secondary N) is 2. The Morgan fingerprint density at radius 1 is 1.17 bits per heavy atom. The lowest BCUT2D eigenvalue weighted by Gasteiger charge is -2.18. The number of rotatable bonds is 10. The zero-order valence-electron chi connectivity index (χ0n) is 14.6. The number of carbonyl (C=O) groups is 1. The molecule has 1 aromatic rings. The van der Waals surface area contributed by atoms with Gasteiger partial charge in [-0.3, -0.25) is 10.1 Å². The van der Waals surface area contributed by atoms with Crippen molar-refractivity contribution in [1.29, 1.82) is 0 Å². The lowest BCUT2D eigenvalue weighted by atomic mass is 10.2. The number of hydrogen-bond acceptors (Lipinski definition) is 5. The van der Waals surface area contributed by atoms with Crippen molar-refractivity contribution in [2.75, 3.05) is 46.5 Å². The highest BCUT2D eigenvalue weighted by molar-refractivity contribution is 7.80. The summed E-state index contributed by atoms with van der Waals surface area (Å²) in [5, 5.41) is 6.07. The molecule has 1 rings (SSSR count). The van der Waals surface area contributed by atoms with E-state index in [1.165, 1.54) is 0 Å². The molecule has 24 heavy (non-hydrogen) atoms. The monoisotopic (exact) mass is 353 g/mol. The van der Waals surface area contributed by atoms with Crippen molar-refractivity contribution >= 4 is 23.2 Å². The predicted molar refractivity (Wildman–Crippen MR) is 99.7 cm³/mol. The third-order valence-electron chi connectivity index (χ3n) is 3.51. The van der Waals surface area contributed by atoms with Crippen LogP contribution in [0.2, 0.25) is 0 Å². The maximum Gasteiger partial charge on any atom is 0.257 e. The molecular weight excluding hydrogens is 326 g/mol. The third-order valence-corrected chi connectivity index (χ3v) is 3.75. The molecular formula is C17H27N3O3S. The lowest BCUT2D eigenvalue weighted by molar-refractivity contribution is 0.0976.